The van der Waals surface area contributed by atoms with Crippen LogP contribution in [0.4, 0.5) is 0 Å². The molecule has 90 valence electrons. The molecule has 0 aliphatic heterocycles. The van der Waals surface area contributed by atoms with Crippen molar-refractivity contribution >= 4 is 15.9 Å². The van der Waals surface area contributed by atoms with Crippen molar-refractivity contribution in [2.24, 2.45) is 0 Å². The van der Waals surface area contributed by atoms with Gasteiger partial charge in [0.25, 0.3) is 0 Å². The second kappa shape index (κ2) is 5.19. The van der Waals surface area contributed by atoms with Crippen LogP contribution in [0.5, 0.6) is 0 Å². The summed E-state index contributed by atoms with van der Waals surface area (Å²) in [6.07, 6.45) is 7.61. The fraction of sp³-hybridized carbons (Fsp3) is 0.333. The summed E-state index contributed by atoms with van der Waals surface area (Å²) in [7, 11) is 0. The van der Waals surface area contributed by atoms with Gasteiger partial charge >= 0.3 is 0 Å². The Bertz CT molecular complexity index is 435. The van der Waals surface area contributed by atoms with Crippen LogP contribution >= 0.6 is 15.9 Å². The normalized spacial score (nSPS) is 23.0. The minimum Gasteiger partial charge on any atom is -0.843 e. The van der Waals surface area contributed by atoms with Gasteiger partial charge in [0.2, 0.25) is 0 Å². The molecule has 2 rings (SSSR count). The molecule has 0 saturated carbocycles. The Morgan fingerprint density at radius 3 is 2.65 bits per heavy atom. The van der Waals surface area contributed by atoms with E-state index >= 15 is 0 Å². The fourth-order valence-electron chi connectivity index (χ4n) is 2.19. The highest BCUT2D eigenvalue weighted by Gasteiger charge is 2.22. The molecular formula is C15H16BrO-. The molecule has 2 unspecified atom stereocenters. The van der Waals surface area contributed by atoms with Crippen molar-refractivity contribution in [2.75, 3.05) is 0 Å². The molecule has 0 heterocycles. The van der Waals surface area contributed by atoms with E-state index in [1.165, 1.54) is 0 Å². The second-order valence-corrected chi connectivity index (χ2v) is 5.50. The van der Waals surface area contributed by atoms with Gasteiger partial charge in [-0.25, -0.2) is 0 Å². The molecule has 0 fully saturated rings. The predicted octanol–water partition coefficient (Wildman–Crippen LogP) is 3.30. The summed E-state index contributed by atoms with van der Waals surface area (Å²) in [4.78, 5) is 0.283. The van der Waals surface area contributed by atoms with Crippen molar-refractivity contribution in [3.8, 4) is 0 Å². The van der Waals surface area contributed by atoms with Crippen molar-refractivity contribution < 1.29 is 5.11 Å². The average molecular weight is 292 g/mol. The van der Waals surface area contributed by atoms with Crippen LogP contribution in [0, 0.1) is 0 Å². The van der Waals surface area contributed by atoms with Crippen LogP contribution in [0.2, 0.25) is 0 Å². The van der Waals surface area contributed by atoms with E-state index < -0.39 is 5.60 Å². The van der Waals surface area contributed by atoms with E-state index in [0.29, 0.717) is 6.42 Å². The lowest BCUT2D eigenvalue weighted by Crippen LogP contribution is -2.42. The van der Waals surface area contributed by atoms with E-state index in [0.717, 1.165) is 17.6 Å². The molecule has 0 aromatic heterocycles. The summed E-state index contributed by atoms with van der Waals surface area (Å²) in [6.45, 7) is 1.95. The first-order chi connectivity index (χ1) is 8.16. The van der Waals surface area contributed by atoms with Gasteiger partial charge < -0.3 is 5.11 Å². The quantitative estimate of drug-likeness (QED) is 0.784. The van der Waals surface area contributed by atoms with Crippen molar-refractivity contribution in [3.05, 3.63) is 59.7 Å². The number of halogens is 1. The Balaban J connectivity index is 2.41. The van der Waals surface area contributed by atoms with Crippen molar-refractivity contribution in [3.63, 3.8) is 0 Å². The summed E-state index contributed by atoms with van der Waals surface area (Å²) in [6, 6.07) is 9.64. The third-order valence-electron chi connectivity index (χ3n) is 3.22. The lowest BCUT2D eigenvalue weighted by Gasteiger charge is -2.43. The highest BCUT2D eigenvalue weighted by molar-refractivity contribution is 9.09. The Kier molecular flexibility index (Phi) is 3.85. The molecule has 0 N–H and O–H groups in total. The molecule has 0 radical (unpaired) electrons. The number of allylic oxidation sites excluding steroid dienone is 2. The Morgan fingerprint density at radius 2 is 2.06 bits per heavy atom. The predicted molar refractivity (Wildman–Crippen MR) is 73.0 cm³/mol. The van der Waals surface area contributed by atoms with Crippen LogP contribution in [-0.2, 0) is 5.60 Å². The molecule has 17 heavy (non-hydrogen) atoms. The van der Waals surface area contributed by atoms with Gasteiger partial charge in [-0.05, 0) is 6.42 Å². The zero-order valence-electron chi connectivity index (χ0n) is 9.90. The number of hydrogen-bond acceptors (Lipinski definition) is 1. The Hall–Kier alpha value is -0.860. The fourth-order valence-corrected chi connectivity index (χ4v) is 2.70. The van der Waals surface area contributed by atoms with Crippen LogP contribution in [0.3, 0.4) is 0 Å². The molecule has 1 aromatic carbocycles. The first kappa shape index (κ1) is 12.6. The van der Waals surface area contributed by atoms with Gasteiger partial charge in [-0.3, -0.25) is 0 Å². The monoisotopic (exact) mass is 291 g/mol. The summed E-state index contributed by atoms with van der Waals surface area (Å²) in [5.74, 6) is 0. The van der Waals surface area contributed by atoms with E-state index in [4.69, 9.17) is 0 Å². The van der Waals surface area contributed by atoms with Crippen LogP contribution in [0.25, 0.3) is 0 Å². The first-order valence-electron chi connectivity index (χ1n) is 5.95. The second-order valence-electron chi connectivity index (χ2n) is 4.32. The largest absolute Gasteiger partial charge is 0.843 e. The number of benzene rings is 1. The maximum absolute atomic E-state index is 13.0. The van der Waals surface area contributed by atoms with E-state index in [2.05, 4.69) is 22.0 Å². The maximum Gasteiger partial charge on any atom is 0.0365 e. The van der Waals surface area contributed by atoms with E-state index in [-0.39, 0.29) is 4.83 Å². The third-order valence-corrected chi connectivity index (χ3v) is 3.86. The van der Waals surface area contributed by atoms with Crippen molar-refractivity contribution in [1.82, 2.24) is 0 Å². The van der Waals surface area contributed by atoms with Gasteiger partial charge in [-0.15, -0.1) is 0 Å². The zero-order chi connectivity index (χ0) is 12.3. The topological polar surface area (TPSA) is 23.1 Å². The summed E-state index contributed by atoms with van der Waals surface area (Å²) in [5.41, 5.74) is 0.601. The van der Waals surface area contributed by atoms with Crippen LogP contribution < -0.4 is 5.11 Å². The molecule has 0 amide bonds. The van der Waals surface area contributed by atoms with Gasteiger partial charge in [-0.1, -0.05) is 94.6 Å². The molecule has 2 atom stereocenters. The lowest BCUT2D eigenvalue weighted by molar-refractivity contribution is -0.472. The lowest BCUT2D eigenvalue weighted by atomic mass is 9.81. The highest BCUT2D eigenvalue weighted by Crippen LogP contribution is 2.33. The standard InChI is InChI=1S/C15H16BrO/c1-2-15(17,12-7-4-3-5-8-12)13-9-6-10-14(16)11-13/h3-9,11,14H,2,10H2,1H3/q-1. The smallest absolute Gasteiger partial charge is 0.0365 e. The number of rotatable bonds is 3. The van der Waals surface area contributed by atoms with Crippen molar-refractivity contribution in [2.45, 2.75) is 30.2 Å². The zero-order valence-corrected chi connectivity index (χ0v) is 11.5. The van der Waals surface area contributed by atoms with Crippen molar-refractivity contribution in [1.29, 1.82) is 0 Å². The van der Waals surface area contributed by atoms with Crippen LogP contribution in [-0.4, -0.2) is 4.83 Å². The molecule has 1 nitrogen and oxygen atoms in total. The third kappa shape index (κ3) is 2.53. The van der Waals surface area contributed by atoms with E-state index in [1.807, 2.05) is 49.4 Å². The SMILES string of the molecule is CCC([O-])(C1=CC(Br)CC=C1)c1ccccc1. The summed E-state index contributed by atoms with van der Waals surface area (Å²) >= 11 is 3.56. The minimum absolute atomic E-state index is 0.283. The number of alkyl halides is 1. The molecule has 2 heteroatoms. The number of hydrogen-bond donors (Lipinski definition) is 0. The molecule has 0 saturated heterocycles. The molecule has 0 bridgehead atoms. The minimum atomic E-state index is -1.12. The van der Waals surface area contributed by atoms with Crippen LogP contribution in [0.1, 0.15) is 25.3 Å². The molecule has 1 aliphatic carbocycles. The first-order valence-corrected chi connectivity index (χ1v) is 6.87. The molecule has 1 aromatic rings. The van der Waals surface area contributed by atoms with Crippen LogP contribution in [0.15, 0.2) is 54.1 Å². The van der Waals surface area contributed by atoms with Gasteiger partial charge in [0.15, 0.2) is 0 Å². The van der Waals surface area contributed by atoms with Gasteiger partial charge in [-0.2, -0.15) is 0 Å². The van der Waals surface area contributed by atoms with Gasteiger partial charge in [0, 0.05) is 4.83 Å². The van der Waals surface area contributed by atoms with E-state index in [1.54, 1.807) is 0 Å². The molecule has 0 spiro atoms. The Labute approximate surface area is 111 Å². The molecular weight excluding hydrogens is 276 g/mol. The average Bonchev–Trinajstić information content (AvgIpc) is 2.39. The Morgan fingerprint density at radius 1 is 1.35 bits per heavy atom. The van der Waals surface area contributed by atoms with Gasteiger partial charge in [0.05, 0.1) is 0 Å². The van der Waals surface area contributed by atoms with Gasteiger partial charge in [0.1, 0.15) is 0 Å². The summed E-state index contributed by atoms with van der Waals surface area (Å²) < 4.78 is 0. The maximum atomic E-state index is 13.0. The van der Waals surface area contributed by atoms with E-state index in [9.17, 15) is 5.11 Å². The summed E-state index contributed by atoms with van der Waals surface area (Å²) in [5, 5.41) is 13.0. The highest BCUT2D eigenvalue weighted by atomic mass is 79.9. The molecule has 1 aliphatic rings.